The molecular formula is C11H18N4O3. The van der Waals surface area contributed by atoms with Crippen molar-refractivity contribution in [1.29, 1.82) is 0 Å². The molecule has 1 aliphatic heterocycles. The monoisotopic (exact) mass is 254 g/mol. The number of rotatable bonds is 4. The number of nitro groups is 1. The maximum Gasteiger partial charge on any atom is 0.435 e. The molecule has 1 aromatic rings. The summed E-state index contributed by atoms with van der Waals surface area (Å²) in [6.07, 6.45) is 5.16. The van der Waals surface area contributed by atoms with E-state index in [9.17, 15) is 15.2 Å². The minimum absolute atomic E-state index is 0.216. The van der Waals surface area contributed by atoms with Gasteiger partial charge < -0.3 is 15.2 Å². The molecule has 1 saturated heterocycles. The summed E-state index contributed by atoms with van der Waals surface area (Å²) in [6.45, 7) is 3.36. The van der Waals surface area contributed by atoms with Crippen molar-refractivity contribution in [3.63, 3.8) is 0 Å². The first kappa shape index (κ1) is 13.0. The Hall–Kier alpha value is -1.47. The minimum atomic E-state index is -0.684. The van der Waals surface area contributed by atoms with Gasteiger partial charge in [-0.3, -0.25) is 4.90 Å². The van der Waals surface area contributed by atoms with E-state index in [1.165, 1.54) is 17.2 Å². The van der Waals surface area contributed by atoms with Crippen LogP contribution in [0.4, 0.5) is 5.95 Å². The van der Waals surface area contributed by atoms with Gasteiger partial charge >= 0.3 is 5.95 Å². The van der Waals surface area contributed by atoms with Crippen LogP contribution in [0.15, 0.2) is 12.4 Å². The van der Waals surface area contributed by atoms with Gasteiger partial charge in [-0.25, -0.2) is 4.57 Å². The number of piperidine rings is 1. The van der Waals surface area contributed by atoms with Crippen LogP contribution in [0, 0.1) is 10.1 Å². The van der Waals surface area contributed by atoms with Crippen molar-refractivity contribution in [3.8, 4) is 0 Å². The van der Waals surface area contributed by atoms with Crippen molar-refractivity contribution < 1.29 is 10.0 Å². The molecule has 0 amide bonds. The van der Waals surface area contributed by atoms with Crippen LogP contribution >= 0.6 is 0 Å². The molecule has 2 heterocycles. The fraction of sp³-hybridized carbons (Fsp3) is 0.727. The third-order valence-electron chi connectivity index (χ3n) is 3.29. The highest BCUT2D eigenvalue weighted by Crippen LogP contribution is 2.26. The van der Waals surface area contributed by atoms with Crippen molar-refractivity contribution in [3.05, 3.63) is 22.5 Å². The average molecular weight is 254 g/mol. The zero-order valence-corrected chi connectivity index (χ0v) is 10.4. The maximum absolute atomic E-state index is 10.9. The normalized spacial score (nSPS) is 20.6. The molecule has 0 spiro atoms. The van der Waals surface area contributed by atoms with Crippen molar-refractivity contribution in [2.45, 2.75) is 38.5 Å². The van der Waals surface area contributed by atoms with Crippen molar-refractivity contribution in [2.24, 2.45) is 0 Å². The van der Waals surface area contributed by atoms with Crippen molar-refractivity contribution >= 4 is 5.95 Å². The summed E-state index contributed by atoms with van der Waals surface area (Å²) >= 11 is 0. The fourth-order valence-corrected chi connectivity index (χ4v) is 2.55. The van der Waals surface area contributed by atoms with Crippen LogP contribution in [-0.2, 0) is 0 Å². The number of aliphatic hydroxyl groups is 1. The second kappa shape index (κ2) is 5.45. The molecule has 0 radical (unpaired) electrons. The Morgan fingerprint density at radius 1 is 1.44 bits per heavy atom. The third kappa shape index (κ3) is 2.51. The summed E-state index contributed by atoms with van der Waals surface area (Å²) in [6, 6.07) is 0. The highest BCUT2D eigenvalue weighted by molar-refractivity contribution is 5.09. The van der Waals surface area contributed by atoms with E-state index in [1.807, 2.05) is 0 Å². The molecular weight excluding hydrogens is 236 g/mol. The number of aromatic nitrogens is 2. The predicted molar refractivity (Wildman–Crippen MR) is 65.0 cm³/mol. The van der Waals surface area contributed by atoms with E-state index in [4.69, 9.17) is 0 Å². The van der Waals surface area contributed by atoms with Crippen LogP contribution in [0.1, 0.15) is 32.4 Å². The molecule has 1 aromatic heterocycles. The number of nitrogens with zero attached hydrogens (tertiary/aromatic N) is 4. The molecule has 7 nitrogen and oxygen atoms in total. The van der Waals surface area contributed by atoms with Gasteiger partial charge in [-0.1, -0.05) is 11.4 Å². The van der Waals surface area contributed by atoms with E-state index in [-0.39, 0.29) is 5.95 Å². The standard InChI is InChI=1S/C11H18N4O3/c1-9(16)10(13-6-3-2-4-7-13)14-8-5-12-11(14)15(17)18/h5,8-10,16H,2-4,6-7H2,1H3. The summed E-state index contributed by atoms with van der Waals surface area (Å²) < 4.78 is 1.45. The summed E-state index contributed by atoms with van der Waals surface area (Å²) in [7, 11) is 0. The van der Waals surface area contributed by atoms with Gasteiger partial charge in [0.2, 0.25) is 0 Å². The largest absolute Gasteiger partial charge is 0.435 e. The SMILES string of the molecule is CC(O)C(N1CCCCC1)n1ccnc1[N+](=O)[O-]. The van der Waals surface area contributed by atoms with Gasteiger partial charge in [-0.05, 0) is 24.7 Å². The zero-order valence-electron chi connectivity index (χ0n) is 10.4. The van der Waals surface area contributed by atoms with E-state index >= 15 is 0 Å². The molecule has 1 fully saturated rings. The molecule has 2 unspecified atom stereocenters. The lowest BCUT2D eigenvalue weighted by molar-refractivity contribution is -0.398. The molecule has 0 bridgehead atoms. The van der Waals surface area contributed by atoms with Gasteiger partial charge in [0.25, 0.3) is 0 Å². The van der Waals surface area contributed by atoms with Gasteiger partial charge in [0.05, 0.1) is 6.10 Å². The molecule has 2 rings (SSSR count). The Morgan fingerprint density at radius 3 is 2.67 bits per heavy atom. The highest BCUT2D eigenvalue weighted by atomic mass is 16.6. The maximum atomic E-state index is 10.9. The van der Waals surface area contributed by atoms with Crippen LogP contribution in [0.5, 0.6) is 0 Å². The molecule has 0 saturated carbocycles. The van der Waals surface area contributed by atoms with E-state index in [0.717, 1.165) is 25.9 Å². The summed E-state index contributed by atoms with van der Waals surface area (Å²) in [4.78, 5) is 16.2. The second-order valence-corrected chi connectivity index (χ2v) is 4.64. The molecule has 18 heavy (non-hydrogen) atoms. The summed E-state index contributed by atoms with van der Waals surface area (Å²) in [5.41, 5.74) is 0. The van der Waals surface area contributed by atoms with Gasteiger partial charge in [0, 0.05) is 13.1 Å². The summed E-state index contributed by atoms with van der Waals surface area (Å²) in [5.74, 6) is -0.216. The lowest BCUT2D eigenvalue weighted by atomic mass is 10.1. The van der Waals surface area contributed by atoms with E-state index in [2.05, 4.69) is 9.88 Å². The first-order chi connectivity index (χ1) is 8.61. The van der Waals surface area contributed by atoms with Crippen LogP contribution in [-0.4, -0.2) is 43.7 Å². The lowest BCUT2D eigenvalue weighted by Crippen LogP contribution is -2.42. The number of imidazole rings is 1. The Morgan fingerprint density at radius 2 is 2.11 bits per heavy atom. The molecule has 1 aliphatic rings. The smallest absolute Gasteiger partial charge is 0.390 e. The highest BCUT2D eigenvalue weighted by Gasteiger charge is 2.32. The van der Waals surface area contributed by atoms with Gasteiger partial charge in [-0.15, -0.1) is 0 Å². The van der Waals surface area contributed by atoms with Crippen molar-refractivity contribution in [2.75, 3.05) is 13.1 Å². The molecule has 100 valence electrons. The topological polar surface area (TPSA) is 84.4 Å². The quantitative estimate of drug-likeness (QED) is 0.643. The number of likely N-dealkylation sites (tertiary alicyclic amines) is 1. The molecule has 1 N–H and O–H groups in total. The van der Waals surface area contributed by atoms with Crippen LogP contribution in [0.25, 0.3) is 0 Å². The third-order valence-corrected chi connectivity index (χ3v) is 3.29. The van der Waals surface area contributed by atoms with E-state index in [0.29, 0.717) is 0 Å². The van der Waals surface area contributed by atoms with Gasteiger partial charge in [-0.2, -0.15) is 0 Å². The van der Waals surface area contributed by atoms with E-state index in [1.54, 1.807) is 13.1 Å². The first-order valence-corrected chi connectivity index (χ1v) is 6.20. The Kier molecular flexibility index (Phi) is 3.93. The Bertz CT molecular complexity index is 412. The number of hydrogen-bond donors (Lipinski definition) is 1. The lowest BCUT2D eigenvalue weighted by Gasteiger charge is -2.34. The Labute approximate surface area is 105 Å². The Balaban J connectivity index is 2.28. The minimum Gasteiger partial charge on any atom is -0.390 e. The molecule has 2 atom stereocenters. The van der Waals surface area contributed by atoms with Crippen LogP contribution < -0.4 is 0 Å². The zero-order chi connectivity index (χ0) is 13.1. The van der Waals surface area contributed by atoms with Gasteiger partial charge in [0.1, 0.15) is 12.4 Å². The van der Waals surface area contributed by atoms with Crippen LogP contribution in [0.2, 0.25) is 0 Å². The average Bonchev–Trinajstić information content (AvgIpc) is 2.79. The van der Waals surface area contributed by atoms with Gasteiger partial charge in [0.15, 0.2) is 6.17 Å². The van der Waals surface area contributed by atoms with Crippen molar-refractivity contribution in [1.82, 2.24) is 14.5 Å². The first-order valence-electron chi connectivity index (χ1n) is 6.20. The molecule has 7 heteroatoms. The fourth-order valence-electron chi connectivity index (χ4n) is 2.55. The molecule has 0 aromatic carbocycles. The van der Waals surface area contributed by atoms with Crippen LogP contribution in [0.3, 0.4) is 0 Å². The predicted octanol–water partition coefficient (Wildman–Crippen LogP) is 1.16. The number of hydrogen-bond acceptors (Lipinski definition) is 5. The summed E-state index contributed by atoms with van der Waals surface area (Å²) in [5, 5.41) is 20.8. The molecule has 0 aliphatic carbocycles. The second-order valence-electron chi connectivity index (χ2n) is 4.64. The number of aliphatic hydroxyl groups excluding tert-OH is 1. The van der Waals surface area contributed by atoms with E-state index < -0.39 is 17.2 Å².